The average molecular weight is 273 g/mol. The molecular formula is C14H9ClN2O2. The monoisotopic (exact) mass is 272 g/mol. The smallest absolute Gasteiger partial charge is 0.349 e. The number of halogens is 1. The highest BCUT2D eigenvalue weighted by Gasteiger charge is 2.09. The third-order valence-electron chi connectivity index (χ3n) is 2.63. The second kappa shape index (κ2) is 4.74. The number of fused-ring (bicyclic) bond motifs is 1. The van der Waals surface area contributed by atoms with E-state index in [1.165, 1.54) is 0 Å². The number of anilines is 2. The minimum atomic E-state index is -0.506. The summed E-state index contributed by atoms with van der Waals surface area (Å²) in [7, 11) is 0. The van der Waals surface area contributed by atoms with Crippen LogP contribution in [0.25, 0.3) is 10.9 Å². The molecule has 5 heteroatoms. The van der Waals surface area contributed by atoms with E-state index >= 15 is 0 Å². The zero-order chi connectivity index (χ0) is 13.2. The van der Waals surface area contributed by atoms with Gasteiger partial charge in [-0.25, -0.2) is 4.79 Å². The Morgan fingerprint density at radius 3 is 2.63 bits per heavy atom. The van der Waals surface area contributed by atoms with Crippen LogP contribution in [0.5, 0.6) is 0 Å². The van der Waals surface area contributed by atoms with Crippen LogP contribution in [0, 0.1) is 0 Å². The lowest BCUT2D eigenvalue weighted by molar-refractivity contribution is 0.522. The zero-order valence-corrected chi connectivity index (χ0v) is 10.5. The van der Waals surface area contributed by atoms with Crippen molar-refractivity contribution < 1.29 is 4.42 Å². The van der Waals surface area contributed by atoms with E-state index in [1.54, 1.807) is 18.2 Å². The molecule has 4 nitrogen and oxygen atoms in total. The standard InChI is InChI=1S/C14H9ClN2O2/c15-10-7-4-8-11-12(10)13(18)19-14(17-11)16-9-5-2-1-3-6-9/h1-8H,(H,16,17). The molecule has 0 unspecified atom stereocenters. The molecule has 0 radical (unpaired) electrons. The summed E-state index contributed by atoms with van der Waals surface area (Å²) in [5.41, 5.74) is 0.788. The molecule has 94 valence electrons. The van der Waals surface area contributed by atoms with Crippen LogP contribution in [-0.2, 0) is 0 Å². The number of rotatable bonds is 2. The van der Waals surface area contributed by atoms with Crippen LogP contribution in [0.2, 0.25) is 5.02 Å². The highest BCUT2D eigenvalue weighted by Crippen LogP contribution is 2.21. The van der Waals surface area contributed by atoms with Gasteiger partial charge in [0.2, 0.25) is 0 Å². The number of nitrogens with zero attached hydrogens (tertiary/aromatic N) is 1. The van der Waals surface area contributed by atoms with Crippen LogP contribution in [0.4, 0.5) is 11.7 Å². The Hall–Kier alpha value is -2.33. The molecule has 0 aliphatic heterocycles. The molecule has 1 aromatic heterocycles. The van der Waals surface area contributed by atoms with Crippen molar-refractivity contribution in [3.63, 3.8) is 0 Å². The van der Waals surface area contributed by atoms with Gasteiger partial charge in [-0.05, 0) is 24.3 Å². The predicted molar refractivity (Wildman–Crippen MR) is 75.0 cm³/mol. The second-order valence-corrected chi connectivity index (χ2v) is 4.34. The molecule has 0 aliphatic rings. The van der Waals surface area contributed by atoms with Crippen molar-refractivity contribution in [2.75, 3.05) is 5.32 Å². The van der Waals surface area contributed by atoms with Crippen LogP contribution in [0.15, 0.2) is 57.7 Å². The topological polar surface area (TPSA) is 55.1 Å². The second-order valence-electron chi connectivity index (χ2n) is 3.93. The molecular weight excluding hydrogens is 264 g/mol. The van der Waals surface area contributed by atoms with Gasteiger partial charge in [0.1, 0.15) is 5.39 Å². The van der Waals surface area contributed by atoms with Crippen molar-refractivity contribution >= 4 is 34.2 Å². The fourth-order valence-corrected chi connectivity index (χ4v) is 2.02. The third kappa shape index (κ3) is 2.30. The lowest BCUT2D eigenvalue weighted by Gasteiger charge is -2.04. The predicted octanol–water partition coefficient (Wildman–Crippen LogP) is 3.59. The number of hydrogen-bond donors (Lipinski definition) is 1. The SMILES string of the molecule is O=c1oc(Nc2ccccc2)nc2cccc(Cl)c12. The maximum absolute atomic E-state index is 11.9. The summed E-state index contributed by atoms with van der Waals surface area (Å²) in [6, 6.07) is 14.6. The Balaban J connectivity index is 2.10. The van der Waals surface area contributed by atoms with E-state index in [2.05, 4.69) is 10.3 Å². The van der Waals surface area contributed by atoms with Crippen molar-refractivity contribution in [2.24, 2.45) is 0 Å². The van der Waals surface area contributed by atoms with E-state index in [-0.39, 0.29) is 6.01 Å². The van der Waals surface area contributed by atoms with Crippen LogP contribution < -0.4 is 10.9 Å². The van der Waals surface area contributed by atoms with Crippen LogP contribution in [-0.4, -0.2) is 4.98 Å². The maximum atomic E-state index is 11.9. The number of hydrogen-bond acceptors (Lipinski definition) is 4. The van der Waals surface area contributed by atoms with E-state index in [4.69, 9.17) is 16.0 Å². The Kier molecular flexibility index (Phi) is 2.93. The Morgan fingerprint density at radius 1 is 1.05 bits per heavy atom. The first kappa shape index (κ1) is 11.7. The van der Waals surface area contributed by atoms with E-state index in [0.29, 0.717) is 15.9 Å². The van der Waals surface area contributed by atoms with Gasteiger partial charge in [-0.2, -0.15) is 4.98 Å². The fraction of sp³-hybridized carbons (Fsp3) is 0. The number of aromatic nitrogens is 1. The first-order chi connectivity index (χ1) is 9.24. The lowest BCUT2D eigenvalue weighted by atomic mass is 10.2. The van der Waals surface area contributed by atoms with E-state index < -0.39 is 5.63 Å². The maximum Gasteiger partial charge on any atom is 0.349 e. The lowest BCUT2D eigenvalue weighted by Crippen LogP contribution is -2.05. The largest absolute Gasteiger partial charge is 0.388 e. The van der Waals surface area contributed by atoms with Crippen molar-refractivity contribution in [2.45, 2.75) is 0 Å². The summed E-state index contributed by atoms with van der Waals surface area (Å²) < 4.78 is 5.11. The van der Waals surface area contributed by atoms with Gasteiger partial charge in [0.05, 0.1) is 10.5 Å². The fourth-order valence-electron chi connectivity index (χ4n) is 1.78. The molecule has 0 aliphatic carbocycles. The van der Waals surface area contributed by atoms with Crippen LogP contribution >= 0.6 is 11.6 Å². The normalized spacial score (nSPS) is 10.6. The Labute approximate surface area is 113 Å². The number of benzene rings is 2. The van der Waals surface area contributed by atoms with E-state index in [0.717, 1.165) is 5.69 Å². The first-order valence-corrected chi connectivity index (χ1v) is 6.03. The molecule has 0 atom stereocenters. The molecule has 0 fully saturated rings. The molecule has 1 heterocycles. The van der Waals surface area contributed by atoms with Gasteiger partial charge in [-0.15, -0.1) is 0 Å². The molecule has 3 aromatic rings. The molecule has 0 bridgehead atoms. The summed E-state index contributed by atoms with van der Waals surface area (Å²) in [4.78, 5) is 16.1. The van der Waals surface area contributed by atoms with Gasteiger partial charge < -0.3 is 9.73 Å². The molecule has 2 aromatic carbocycles. The van der Waals surface area contributed by atoms with Gasteiger partial charge in [0.25, 0.3) is 0 Å². The van der Waals surface area contributed by atoms with Crippen LogP contribution in [0.3, 0.4) is 0 Å². The molecule has 1 N–H and O–H groups in total. The Morgan fingerprint density at radius 2 is 1.84 bits per heavy atom. The van der Waals surface area contributed by atoms with Gasteiger partial charge >= 0.3 is 11.6 Å². The van der Waals surface area contributed by atoms with Gasteiger partial charge in [-0.1, -0.05) is 35.9 Å². The van der Waals surface area contributed by atoms with Crippen molar-refractivity contribution in [1.82, 2.24) is 4.98 Å². The summed E-state index contributed by atoms with van der Waals surface area (Å²) >= 11 is 5.95. The first-order valence-electron chi connectivity index (χ1n) is 5.65. The molecule has 0 spiro atoms. The van der Waals surface area contributed by atoms with E-state index in [9.17, 15) is 4.79 Å². The quantitative estimate of drug-likeness (QED) is 0.775. The van der Waals surface area contributed by atoms with Gasteiger partial charge in [0.15, 0.2) is 0 Å². The molecule has 0 saturated heterocycles. The summed E-state index contributed by atoms with van der Waals surface area (Å²) in [6.45, 7) is 0. The average Bonchev–Trinajstić information content (AvgIpc) is 2.39. The summed E-state index contributed by atoms with van der Waals surface area (Å²) in [5.74, 6) is 0. The van der Waals surface area contributed by atoms with Crippen LogP contribution in [0.1, 0.15) is 0 Å². The molecule has 19 heavy (non-hydrogen) atoms. The highest BCUT2D eigenvalue weighted by atomic mass is 35.5. The molecule has 0 saturated carbocycles. The molecule has 0 amide bonds. The Bertz CT molecular complexity index is 784. The third-order valence-corrected chi connectivity index (χ3v) is 2.95. The number of para-hydroxylation sites is 1. The minimum absolute atomic E-state index is 0.144. The summed E-state index contributed by atoms with van der Waals surface area (Å²) in [6.07, 6.45) is 0. The van der Waals surface area contributed by atoms with Gasteiger partial charge in [0, 0.05) is 5.69 Å². The highest BCUT2D eigenvalue weighted by molar-refractivity contribution is 6.35. The minimum Gasteiger partial charge on any atom is -0.388 e. The summed E-state index contributed by atoms with van der Waals surface area (Å²) in [5, 5.41) is 3.57. The van der Waals surface area contributed by atoms with Gasteiger partial charge in [-0.3, -0.25) is 0 Å². The zero-order valence-electron chi connectivity index (χ0n) is 9.76. The van der Waals surface area contributed by atoms with E-state index in [1.807, 2.05) is 30.3 Å². The van der Waals surface area contributed by atoms with Crippen molar-refractivity contribution in [3.05, 3.63) is 64.0 Å². The number of nitrogens with one attached hydrogen (secondary N) is 1. The molecule has 3 rings (SSSR count). The van der Waals surface area contributed by atoms with Crippen molar-refractivity contribution in [1.29, 1.82) is 0 Å². The van der Waals surface area contributed by atoms with Crippen molar-refractivity contribution in [3.8, 4) is 0 Å².